The average Bonchev–Trinajstić information content (AvgIpc) is 3.02. The van der Waals surface area contributed by atoms with Gasteiger partial charge in [-0.2, -0.15) is 8.42 Å². The maximum absolute atomic E-state index is 12.4. The van der Waals surface area contributed by atoms with Crippen molar-refractivity contribution in [2.24, 2.45) is 0 Å². The van der Waals surface area contributed by atoms with Gasteiger partial charge < -0.3 is 0 Å². The van der Waals surface area contributed by atoms with Gasteiger partial charge in [-0.3, -0.25) is 4.18 Å². The van der Waals surface area contributed by atoms with E-state index in [0.29, 0.717) is 4.90 Å². The van der Waals surface area contributed by atoms with Gasteiger partial charge in [-0.25, -0.2) is 0 Å². The zero-order valence-electron chi connectivity index (χ0n) is 12.9. The van der Waals surface area contributed by atoms with Crippen molar-refractivity contribution in [1.82, 2.24) is 0 Å². The highest BCUT2D eigenvalue weighted by Crippen LogP contribution is 2.65. The van der Waals surface area contributed by atoms with Crippen LogP contribution < -0.4 is 0 Å². The predicted octanol–water partition coefficient (Wildman–Crippen LogP) is 3.96. The van der Waals surface area contributed by atoms with Crippen LogP contribution in [-0.4, -0.2) is 22.6 Å². The first-order valence-electron chi connectivity index (χ1n) is 7.13. The van der Waals surface area contributed by atoms with Crippen LogP contribution in [0.3, 0.4) is 0 Å². The molecule has 1 aromatic rings. The highest BCUT2D eigenvalue weighted by Gasteiger charge is 2.62. The summed E-state index contributed by atoms with van der Waals surface area (Å²) in [6, 6.07) is 7.00. The molecule has 0 spiro atoms. The van der Waals surface area contributed by atoms with E-state index in [2.05, 4.69) is 26.6 Å². The number of aryl methyl sites for hydroxylation is 1. The van der Waals surface area contributed by atoms with E-state index >= 15 is 0 Å². The molecule has 1 aliphatic rings. The lowest BCUT2D eigenvalue weighted by Crippen LogP contribution is -2.32. The highest BCUT2D eigenvalue weighted by atomic mass is 32.2. The fourth-order valence-corrected chi connectivity index (χ4v) is 7.47. The third-order valence-electron chi connectivity index (χ3n) is 4.74. The fourth-order valence-electron chi connectivity index (χ4n) is 3.13. The zero-order chi connectivity index (χ0) is 15.2. The van der Waals surface area contributed by atoms with Crippen molar-refractivity contribution < 1.29 is 12.6 Å². The van der Waals surface area contributed by atoms with Gasteiger partial charge in [-0.1, -0.05) is 51.2 Å². The molecular formula is C15H24O3SSi. The molecule has 5 heteroatoms. The summed E-state index contributed by atoms with van der Waals surface area (Å²) in [6.07, 6.45) is 1.74. The monoisotopic (exact) mass is 312 g/mol. The lowest BCUT2D eigenvalue weighted by Gasteiger charge is -2.28. The SMILES string of the molecule is CCC1([Si](C)(C)C)CC1OS(=O)(=O)c1ccccc1C. The normalized spacial score (nSPS) is 26.6. The molecule has 2 unspecified atom stereocenters. The second-order valence-electron chi connectivity index (χ2n) is 6.77. The van der Waals surface area contributed by atoms with Crippen LogP contribution in [0.15, 0.2) is 29.2 Å². The molecule has 1 fully saturated rings. The van der Waals surface area contributed by atoms with Gasteiger partial charge in [-0.15, -0.1) is 0 Å². The molecular weight excluding hydrogens is 288 g/mol. The molecule has 3 nitrogen and oxygen atoms in total. The van der Waals surface area contributed by atoms with Crippen LogP contribution in [0.25, 0.3) is 0 Å². The number of hydrogen-bond donors (Lipinski definition) is 0. The Kier molecular flexibility index (Phi) is 3.90. The van der Waals surface area contributed by atoms with Gasteiger partial charge in [0.2, 0.25) is 0 Å². The summed E-state index contributed by atoms with van der Waals surface area (Å²) in [5.74, 6) is 0. The van der Waals surface area contributed by atoms with Crippen molar-refractivity contribution in [3.8, 4) is 0 Å². The van der Waals surface area contributed by atoms with E-state index in [4.69, 9.17) is 4.18 Å². The first-order chi connectivity index (χ1) is 9.14. The maximum Gasteiger partial charge on any atom is 0.297 e. The van der Waals surface area contributed by atoms with E-state index < -0.39 is 18.2 Å². The first-order valence-corrected chi connectivity index (χ1v) is 12.0. The summed E-state index contributed by atoms with van der Waals surface area (Å²) in [5, 5.41) is 0.114. The van der Waals surface area contributed by atoms with Gasteiger partial charge in [0.1, 0.15) is 0 Å². The smallest absolute Gasteiger partial charge is 0.263 e. The predicted molar refractivity (Wildman–Crippen MR) is 84.2 cm³/mol. The lowest BCUT2D eigenvalue weighted by molar-refractivity contribution is 0.287. The Balaban J connectivity index is 2.23. The number of benzene rings is 1. The van der Waals surface area contributed by atoms with Crippen molar-refractivity contribution in [3.05, 3.63) is 29.8 Å². The molecule has 0 radical (unpaired) electrons. The molecule has 0 N–H and O–H groups in total. The fraction of sp³-hybridized carbons (Fsp3) is 0.600. The Labute approximate surface area is 123 Å². The minimum Gasteiger partial charge on any atom is -0.263 e. The van der Waals surface area contributed by atoms with Crippen LogP contribution in [0, 0.1) is 6.92 Å². The summed E-state index contributed by atoms with van der Waals surface area (Å²) >= 11 is 0. The topological polar surface area (TPSA) is 43.4 Å². The zero-order valence-corrected chi connectivity index (χ0v) is 14.8. The van der Waals surface area contributed by atoms with E-state index in [1.54, 1.807) is 25.1 Å². The van der Waals surface area contributed by atoms with Crippen molar-refractivity contribution in [2.75, 3.05) is 0 Å². The van der Waals surface area contributed by atoms with Crippen LogP contribution in [0.4, 0.5) is 0 Å². The molecule has 1 aromatic carbocycles. The van der Waals surface area contributed by atoms with Crippen LogP contribution in [0.2, 0.25) is 24.7 Å². The first kappa shape index (κ1) is 15.7. The Morgan fingerprint density at radius 3 is 2.35 bits per heavy atom. The van der Waals surface area contributed by atoms with Gasteiger partial charge >= 0.3 is 0 Å². The molecule has 0 aromatic heterocycles. The van der Waals surface area contributed by atoms with Crippen molar-refractivity contribution >= 4 is 18.2 Å². The lowest BCUT2D eigenvalue weighted by atomic mass is 10.2. The summed E-state index contributed by atoms with van der Waals surface area (Å²) in [6.45, 7) is 10.8. The van der Waals surface area contributed by atoms with Crippen molar-refractivity contribution in [2.45, 2.75) is 62.4 Å². The van der Waals surface area contributed by atoms with E-state index in [9.17, 15) is 8.42 Å². The van der Waals surface area contributed by atoms with Gasteiger partial charge in [-0.05, 0) is 30.0 Å². The molecule has 2 atom stereocenters. The second kappa shape index (κ2) is 4.96. The van der Waals surface area contributed by atoms with E-state index in [0.717, 1.165) is 18.4 Å². The van der Waals surface area contributed by atoms with E-state index in [1.165, 1.54) is 0 Å². The Morgan fingerprint density at radius 2 is 1.90 bits per heavy atom. The molecule has 20 heavy (non-hydrogen) atoms. The molecule has 0 bridgehead atoms. The van der Waals surface area contributed by atoms with Crippen molar-refractivity contribution in [1.29, 1.82) is 0 Å². The largest absolute Gasteiger partial charge is 0.297 e. The van der Waals surface area contributed by atoms with E-state index in [1.807, 2.05) is 6.07 Å². The van der Waals surface area contributed by atoms with Crippen LogP contribution in [0.5, 0.6) is 0 Å². The molecule has 112 valence electrons. The molecule has 2 rings (SSSR count). The minimum absolute atomic E-state index is 0.114. The number of hydrogen-bond acceptors (Lipinski definition) is 3. The standard InChI is InChI=1S/C15H24O3SSi/c1-6-15(20(3,4)5)11-14(15)18-19(16,17)13-10-8-7-9-12(13)2/h7-10,14H,6,11H2,1-5H3. The van der Waals surface area contributed by atoms with E-state index in [-0.39, 0.29) is 11.1 Å². The van der Waals surface area contributed by atoms with Gasteiger partial charge in [0, 0.05) is 0 Å². The summed E-state index contributed by atoms with van der Waals surface area (Å²) in [7, 11) is -5.09. The average molecular weight is 313 g/mol. The molecule has 1 saturated carbocycles. The Morgan fingerprint density at radius 1 is 1.30 bits per heavy atom. The molecule has 0 heterocycles. The second-order valence-corrected chi connectivity index (χ2v) is 13.8. The maximum atomic E-state index is 12.4. The summed E-state index contributed by atoms with van der Waals surface area (Å²) < 4.78 is 30.4. The summed E-state index contributed by atoms with van der Waals surface area (Å²) in [4.78, 5) is 0.299. The molecule has 0 aliphatic heterocycles. The molecule has 0 saturated heterocycles. The third-order valence-corrected chi connectivity index (χ3v) is 10.1. The van der Waals surface area contributed by atoms with Gasteiger partial charge in [0.25, 0.3) is 10.1 Å². The Bertz CT molecular complexity index is 604. The number of rotatable bonds is 5. The summed E-state index contributed by atoms with van der Waals surface area (Å²) in [5.41, 5.74) is 0.739. The van der Waals surface area contributed by atoms with Crippen LogP contribution >= 0.6 is 0 Å². The Hall–Kier alpha value is -0.653. The minimum atomic E-state index is -3.65. The highest BCUT2D eigenvalue weighted by molar-refractivity contribution is 7.86. The van der Waals surface area contributed by atoms with Gasteiger partial charge in [0.05, 0.1) is 19.1 Å². The molecule has 1 aliphatic carbocycles. The molecule has 0 amide bonds. The van der Waals surface area contributed by atoms with Crippen LogP contribution in [-0.2, 0) is 14.3 Å². The quantitative estimate of drug-likeness (QED) is 0.610. The van der Waals surface area contributed by atoms with Crippen molar-refractivity contribution in [3.63, 3.8) is 0 Å². The third kappa shape index (κ3) is 2.58. The van der Waals surface area contributed by atoms with Crippen LogP contribution in [0.1, 0.15) is 25.3 Å². The van der Waals surface area contributed by atoms with Gasteiger partial charge in [0.15, 0.2) is 0 Å².